The second-order valence-electron chi connectivity index (χ2n) is 9.65. The van der Waals surface area contributed by atoms with Gasteiger partial charge in [-0.15, -0.1) is 11.3 Å². The van der Waals surface area contributed by atoms with Gasteiger partial charge in [0.05, 0.1) is 17.6 Å². The third-order valence-electron chi connectivity index (χ3n) is 7.49. The summed E-state index contributed by atoms with van der Waals surface area (Å²) < 4.78 is 12.6. The molecule has 0 unspecified atom stereocenters. The Morgan fingerprint density at radius 2 is 1.86 bits per heavy atom. The summed E-state index contributed by atoms with van der Waals surface area (Å²) in [6, 6.07) is 8.45. The zero-order chi connectivity index (χ0) is 19.3. The summed E-state index contributed by atoms with van der Waals surface area (Å²) in [5, 5.41) is 7.37. The standard InChI is InChI=1S/C25H29NO2S/c1-3-20(23-16-29-24-15-27-14-22(23)24)10-21(4-1)28-6-2-5-26-25-11-17-7-18(12-25)9-19(8-17)13-25/h1,3-4,10,14-19,26H,2,5-9,11-13H2. The molecule has 4 aliphatic rings. The van der Waals surface area contributed by atoms with Gasteiger partial charge in [-0.05, 0) is 86.9 Å². The van der Waals surface area contributed by atoms with Gasteiger partial charge in [0.1, 0.15) is 12.0 Å². The number of furan rings is 1. The summed E-state index contributed by atoms with van der Waals surface area (Å²) in [5.41, 5.74) is 2.89. The molecule has 0 saturated heterocycles. The molecule has 4 heteroatoms. The fourth-order valence-electron chi connectivity index (χ4n) is 6.68. The van der Waals surface area contributed by atoms with Crippen molar-refractivity contribution >= 4 is 21.4 Å². The third kappa shape index (κ3) is 3.40. The van der Waals surface area contributed by atoms with E-state index in [1.54, 1.807) is 11.3 Å². The largest absolute Gasteiger partial charge is 0.494 e. The maximum Gasteiger partial charge on any atom is 0.119 e. The molecule has 0 spiro atoms. The highest BCUT2D eigenvalue weighted by molar-refractivity contribution is 7.17. The van der Waals surface area contributed by atoms with Gasteiger partial charge < -0.3 is 14.5 Å². The molecule has 7 rings (SSSR count). The van der Waals surface area contributed by atoms with Crippen molar-refractivity contribution in [2.45, 2.75) is 50.5 Å². The first kappa shape index (κ1) is 18.0. The summed E-state index contributed by atoms with van der Waals surface area (Å²) in [7, 11) is 0. The average molecular weight is 408 g/mol. The molecule has 1 N–H and O–H groups in total. The van der Waals surface area contributed by atoms with Crippen LogP contribution in [-0.4, -0.2) is 18.7 Å². The quantitative estimate of drug-likeness (QED) is 0.455. The van der Waals surface area contributed by atoms with Crippen molar-refractivity contribution in [3.8, 4) is 16.9 Å². The summed E-state index contributed by atoms with van der Waals surface area (Å²) in [6.07, 6.45) is 13.5. The minimum Gasteiger partial charge on any atom is -0.494 e. The van der Waals surface area contributed by atoms with Crippen LogP contribution in [-0.2, 0) is 0 Å². The maximum atomic E-state index is 6.10. The number of nitrogens with one attached hydrogen (secondary N) is 1. The molecule has 2 aromatic heterocycles. The molecule has 3 nitrogen and oxygen atoms in total. The van der Waals surface area contributed by atoms with Gasteiger partial charge in [-0.2, -0.15) is 0 Å². The highest BCUT2D eigenvalue weighted by Gasteiger charge is 2.50. The lowest BCUT2D eigenvalue weighted by Gasteiger charge is -2.57. The van der Waals surface area contributed by atoms with Crippen LogP contribution in [0.3, 0.4) is 0 Å². The van der Waals surface area contributed by atoms with E-state index < -0.39 is 0 Å². The van der Waals surface area contributed by atoms with Crippen molar-refractivity contribution in [3.63, 3.8) is 0 Å². The Morgan fingerprint density at radius 1 is 1.07 bits per heavy atom. The molecular weight excluding hydrogens is 378 g/mol. The minimum absolute atomic E-state index is 0.462. The molecule has 0 radical (unpaired) electrons. The lowest BCUT2D eigenvalue weighted by Crippen LogP contribution is -2.58. The lowest BCUT2D eigenvalue weighted by atomic mass is 9.53. The molecule has 1 aromatic carbocycles. The number of fused-ring (bicyclic) bond motifs is 1. The number of hydrogen-bond acceptors (Lipinski definition) is 4. The number of benzene rings is 1. The third-order valence-corrected chi connectivity index (χ3v) is 8.42. The van der Waals surface area contributed by atoms with Crippen LogP contribution >= 0.6 is 11.3 Å². The topological polar surface area (TPSA) is 34.4 Å². The predicted octanol–water partition coefficient (Wildman–Crippen LogP) is 6.49. The maximum absolute atomic E-state index is 6.10. The van der Waals surface area contributed by atoms with Gasteiger partial charge in [0.2, 0.25) is 0 Å². The number of thiophene rings is 1. The van der Waals surface area contributed by atoms with E-state index in [2.05, 4.69) is 35.0 Å². The van der Waals surface area contributed by atoms with Crippen molar-refractivity contribution < 1.29 is 9.15 Å². The summed E-state index contributed by atoms with van der Waals surface area (Å²) >= 11 is 1.73. The monoisotopic (exact) mass is 407 g/mol. The number of hydrogen-bond donors (Lipinski definition) is 1. The Kier molecular flexibility index (Phi) is 4.46. The molecule has 152 valence electrons. The molecule has 4 saturated carbocycles. The smallest absolute Gasteiger partial charge is 0.119 e. The first-order chi connectivity index (χ1) is 14.3. The van der Waals surface area contributed by atoms with Gasteiger partial charge in [-0.1, -0.05) is 12.1 Å². The van der Waals surface area contributed by atoms with Crippen molar-refractivity contribution in [2.75, 3.05) is 13.2 Å². The molecule has 3 aromatic rings. The van der Waals surface area contributed by atoms with E-state index in [9.17, 15) is 0 Å². The van der Waals surface area contributed by atoms with Gasteiger partial charge in [0.25, 0.3) is 0 Å². The molecular formula is C25H29NO2S. The number of rotatable bonds is 7. The minimum atomic E-state index is 0.462. The molecule has 0 atom stereocenters. The fourth-order valence-corrected chi connectivity index (χ4v) is 7.58. The zero-order valence-corrected chi connectivity index (χ0v) is 17.7. The second kappa shape index (κ2) is 7.17. The van der Waals surface area contributed by atoms with Gasteiger partial charge in [0, 0.05) is 21.9 Å². The van der Waals surface area contributed by atoms with Gasteiger partial charge in [-0.25, -0.2) is 0 Å². The van der Waals surface area contributed by atoms with Gasteiger partial charge >= 0.3 is 0 Å². The van der Waals surface area contributed by atoms with Crippen LogP contribution in [0, 0.1) is 17.8 Å². The van der Waals surface area contributed by atoms with Crippen LogP contribution in [0.1, 0.15) is 44.9 Å². The molecule has 0 amide bonds. The number of ether oxygens (including phenoxy) is 1. The Balaban J connectivity index is 1.03. The van der Waals surface area contributed by atoms with E-state index in [0.717, 1.165) is 43.1 Å². The Bertz CT molecular complexity index is 968. The van der Waals surface area contributed by atoms with Crippen LogP contribution in [0.5, 0.6) is 5.75 Å². The molecule has 29 heavy (non-hydrogen) atoms. The fraction of sp³-hybridized carbons (Fsp3) is 0.520. The lowest BCUT2D eigenvalue weighted by molar-refractivity contribution is -0.0198. The van der Waals surface area contributed by atoms with Gasteiger partial charge in [0.15, 0.2) is 0 Å². The normalized spacial score (nSPS) is 30.3. The van der Waals surface area contributed by atoms with E-state index in [1.165, 1.54) is 59.7 Å². The molecule has 4 aliphatic carbocycles. The van der Waals surface area contributed by atoms with E-state index in [1.807, 2.05) is 12.5 Å². The molecule has 0 aliphatic heterocycles. The first-order valence-electron chi connectivity index (χ1n) is 11.2. The average Bonchev–Trinajstić information content (AvgIpc) is 3.30. The van der Waals surface area contributed by atoms with Crippen molar-refractivity contribution in [1.82, 2.24) is 5.32 Å². The van der Waals surface area contributed by atoms with Gasteiger partial charge in [-0.3, -0.25) is 0 Å². The van der Waals surface area contributed by atoms with E-state index in [-0.39, 0.29) is 0 Å². The Morgan fingerprint density at radius 3 is 2.66 bits per heavy atom. The van der Waals surface area contributed by atoms with Crippen LogP contribution in [0.2, 0.25) is 0 Å². The first-order valence-corrected chi connectivity index (χ1v) is 12.1. The van der Waals surface area contributed by atoms with Crippen LogP contribution < -0.4 is 10.1 Å². The van der Waals surface area contributed by atoms with E-state index >= 15 is 0 Å². The summed E-state index contributed by atoms with van der Waals surface area (Å²) in [5.74, 6) is 3.98. The highest BCUT2D eigenvalue weighted by Crippen LogP contribution is 2.55. The van der Waals surface area contributed by atoms with Crippen LogP contribution in [0.25, 0.3) is 21.2 Å². The molecule has 2 heterocycles. The van der Waals surface area contributed by atoms with E-state index in [4.69, 9.17) is 9.15 Å². The second-order valence-corrected chi connectivity index (χ2v) is 10.6. The summed E-state index contributed by atoms with van der Waals surface area (Å²) in [4.78, 5) is 0. The summed E-state index contributed by atoms with van der Waals surface area (Å²) in [6.45, 7) is 1.85. The van der Waals surface area contributed by atoms with Crippen molar-refractivity contribution in [1.29, 1.82) is 0 Å². The Labute approximate surface area is 176 Å². The zero-order valence-electron chi connectivity index (χ0n) is 16.9. The van der Waals surface area contributed by atoms with E-state index in [0.29, 0.717) is 5.54 Å². The van der Waals surface area contributed by atoms with Crippen molar-refractivity contribution in [3.05, 3.63) is 42.2 Å². The molecule has 4 bridgehead atoms. The van der Waals surface area contributed by atoms with Crippen LogP contribution in [0.4, 0.5) is 0 Å². The van der Waals surface area contributed by atoms with Crippen LogP contribution in [0.15, 0.2) is 46.6 Å². The van der Waals surface area contributed by atoms with Crippen molar-refractivity contribution in [2.24, 2.45) is 17.8 Å². The Hall–Kier alpha value is -1.78. The molecule has 4 fully saturated rings. The SMILES string of the molecule is c1cc(OCCCNC23CC4CC(CC(C4)C2)C3)cc(-c2csc3cocc23)c1. The highest BCUT2D eigenvalue weighted by atomic mass is 32.1. The predicted molar refractivity (Wildman–Crippen MR) is 119 cm³/mol.